The molecule has 0 saturated carbocycles. The van der Waals surface area contributed by atoms with Crippen molar-refractivity contribution < 1.29 is 18.9 Å². The molecule has 0 bridgehead atoms. The molecule has 0 aromatic heterocycles. The molecule has 2 aromatic carbocycles. The van der Waals surface area contributed by atoms with Crippen LogP contribution in [0.4, 0.5) is 0 Å². The maximum Gasteiger partial charge on any atom is 0.231 e. The van der Waals surface area contributed by atoms with Crippen molar-refractivity contribution in [2.75, 3.05) is 32.4 Å². The average molecular weight is 562 g/mol. The molecule has 0 saturated heterocycles. The number of fused-ring (bicyclic) bond motifs is 5. The van der Waals surface area contributed by atoms with E-state index in [-0.39, 0.29) is 6.79 Å². The molecular formula is C23H21BrCl3NO4. The van der Waals surface area contributed by atoms with Gasteiger partial charge in [-0.15, -0.1) is 0 Å². The van der Waals surface area contributed by atoms with Gasteiger partial charge in [0.05, 0.1) is 13.7 Å². The molecule has 3 aliphatic rings. The van der Waals surface area contributed by atoms with Crippen molar-refractivity contribution in [2.24, 2.45) is 0 Å². The minimum atomic E-state index is -1.60. The summed E-state index contributed by atoms with van der Waals surface area (Å²) in [5.74, 6) is 2.75. The van der Waals surface area contributed by atoms with Crippen molar-refractivity contribution in [3.63, 3.8) is 0 Å². The predicted molar refractivity (Wildman–Crippen MR) is 131 cm³/mol. The zero-order chi connectivity index (χ0) is 22.5. The van der Waals surface area contributed by atoms with Gasteiger partial charge in [-0.2, -0.15) is 0 Å². The fourth-order valence-electron chi connectivity index (χ4n) is 4.56. The number of nitrogens with zero attached hydrogens (tertiary/aromatic N) is 1. The zero-order valence-corrected chi connectivity index (χ0v) is 21.2. The van der Waals surface area contributed by atoms with Gasteiger partial charge in [0.1, 0.15) is 6.04 Å². The highest BCUT2D eigenvalue weighted by atomic mass is 79.9. The fraction of sp³-hybridized carbons (Fsp3) is 0.391. The normalized spacial score (nSPS) is 18.5. The highest BCUT2D eigenvalue weighted by Gasteiger charge is 2.46. The van der Waals surface area contributed by atoms with Gasteiger partial charge in [-0.3, -0.25) is 0 Å². The summed E-state index contributed by atoms with van der Waals surface area (Å²) < 4.78 is 21.4. The molecule has 5 rings (SSSR count). The molecule has 0 spiro atoms. The molecular weight excluding hydrogens is 541 g/mol. The van der Waals surface area contributed by atoms with Crippen LogP contribution in [-0.4, -0.2) is 41.1 Å². The lowest BCUT2D eigenvalue weighted by Gasteiger charge is -2.45. The summed E-state index contributed by atoms with van der Waals surface area (Å²) in [6.07, 6.45) is 3.76. The Morgan fingerprint density at radius 3 is 2.69 bits per heavy atom. The number of halogens is 4. The van der Waals surface area contributed by atoms with E-state index in [2.05, 4.69) is 33.0 Å². The smallest absolute Gasteiger partial charge is 0.231 e. The molecule has 0 aliphatic carbocycles. The molecule has 0 radical (unpaired) electrons. The quantitative estimate of drug-likeness (QED) is 0.314. The van der Waals surface area contributed by atoms with E-state index in [4.69, 9.17) is 53.8 Å². The lowest BCUT2D eigenvalue weighted by Crippen LogP contribution is -2.41. The second-order valence-electron chi connectivity index (χ2n) is 7.77. The van der Waals surface area contributed by atoms with Crippen LogP contribution >= 0.6 is 50.7 Å². The molecule has 0 fully saturated rings. The van der Waals surface area contributed by atoms with Crippen LogP contribution < -0.4 is 18.9 Å². The van der Waals surface area contributed by atoms with Gasteiger partial charge in [-0.25, -0.2) is 0 Å². The molecule has 0 N–H and O–H groups in total. The van der Waals surface area contributed by atoms with Crippen molar-refractivity contribution in [1.82, 2.24) is 4.90 Å². The van der Waals surface area contributed by atoms with Gasteiger partial charge in [0.2, 0.25) is 10.6 Å². The van der Waals surface area contributed by atoms with Gasteiger partial charge in [-0.05, 0) is 48.2 Å². The van der Waals surface area contributed by atoms with Gasteiger partial charge in [0.25, 0.3) is 0 Å². The van der Waals surface area contributed by atoms with Crippen LogP contribution in [0, 0.1) is 0 Å². The predicted octanol–water partition coefficient (Wildman–Crippen LogP) is 6.37. The summed E-state index contributed by atoms with van der Waals surface area (Å²) in [5, 5.41) is 0.835. The number of hydrogen-bond donors (Lipinski definition) is 0. The van der Waals surface area contributed by atoms with Crippen LogP contribution in [0.25, 0.3) is 11.8 Å². The van der Waals surface area contributed by atoms with E-state index < -0.39 is 9.83 Å². The first-order chi connectivity index (χ1) is 15.4. The first-order valence-corrected chi connectivity index (χ1v) is 12.6. The van der Waals surface area contributed by atoms with Gasteiger partial charge in [0, 0.05) is 28.7 Å². The Hall–Kier alpha value is -1.47. The van der Waals surface area contributed by atoms with Gasteiger partial charge < -0.3 is 23.8 Å². The van der Waals surface area contributed by atoms with Crippen LogP contribution in [0.3, 0.4) is 0 Å². The summed E-state index contributed by atoms with van der Waals surface area (Å²) in [6, 6.07) is 7.41. The summed E-state index contributed by atoms with van der Waals surface area (Å²) in [5.41, 5.74) is 5.00. The number of hydrogen-bond acceptors (Lipinski definition) is 5. The van der Waals surface area contributed by atoms with Crippen molar-refractivity contribution in [1.29, 1.82) is 0 Å². The molecule has 1 atom stereocenters. The van der Waals surface area contributed by atoms with E-state index in [1.165, 1.54) is 5.56 Å². The van der Waals surface area contributed by atoms with Gasteiger partial charge in [0.15, 0.2) is 23.0 Å². The Kier molecular flexibility index (Phi) is 6.08. The summed E-state index contributed by atoms with van der Waals surface area (Å²) >= 11 is 23.3. The molecule has 170 valence electrons. The van der Waals surface area contributed by atoms with Crippen molar-refractivity contribution >= 4 is 62.5 Å². The van der Waals surface area contributed by atoms with Crippen LogP contribution in [-0.2, 0) is 6.42 Å². The van der Waals surface area contributed by atoms with E-state index in [0.717, 1.165) is 52.1 Å². The summed E-state index contributed by atoms with van der Waals surface area (Å²) in [6.45, 7) is 1.44. The maximum absolute atomic E-state index is 6.62. The van der Waals surface area contributed by atoms with E-state index in [9.17, 15) is 0 Å². The average Bonchev–Trinajstić information content (AvgIpc) is 3.23. The molecule has 9 heteroatoms. The summed E-state index contributed by atoms with van der Waals surface area (Å²) in [7, 11) is 1.62. The highest BCUT2D eigenvalue weighted by molar-refractivity contribution is 9.09. The monoisotopic (exact) mass is 559 g/mol. The molecule has 5 nitrogen and oxygen atoms in total. The van der Waals surface area contributed by atoms with Crippen molar-refractivity contribution in [2.45, 2.75) is 22.7 Å². The molecule has 3 aliphatic heterocycles. The van der Waals surface area contributed by atoms with E-state index >= 15 is 0 Å². The molecule has 32 heavy (non-hydrogen) atoms. The molecule has 0 amide bonds. The number of ether oxygens (including phenoxy) is 4. The Labute approximate surface area is 210 Å². The Balaban J connectivity index is 1.69. The Morgan fingerprint density at radius 2 is 1.97 bits per heavy atom. The lowest BCUT2D eigenvalue weighted by molar-refractivity contribution is 0.174. The van der Waals surface area contributed by atoms with Crippen LogP contribution in [0.2, 0.25) is 0 Å². The zero-order valence-electron chi connectivity index (χ0n) is 17.3. The second-order valence-corrected chi connectivity index (χ2v) is 10.9. The SMILES string of the molecule is COc1ccc2c(c1OCCCBr)C(C(Cl)(Cl)Cl)N1CCc3cc4c(cc3C1=C2)OCO4. The van der Waals surface area contributed by atoms with Crippen molar-refractivity contribution in [3.05, 3.63) is 46.5 Å². The first-order valence-electron chi connectivity index (χ1n) is 10.3. The third kappa shape index (κ3) is 3.79. The second kappa shape index (κ2) is 8.71. The van der Waals surface area contributed by atoms with Crippen LogP contribution in [0.5, 0.6) is 23.0 Å². The fourth-order valence-corrected chi connectivity index (χ4v) is 5.47. The van der Waals surface area contributed by atoms with Crippen LogP contribution in [0.15, 0.2) is 24.3 Å². The third-order valence-corrected chi connectivity index (χ3v) is 7.11. The highest BCUT2D eigenvalue weighted by Crippen LogP contribution is 2.56. The van der Waals surface area contributed by atoms with Gasteiger partial charge >= 0.3 is 0 Å². The summed E-state index contributed by atoms with van der Waals surface area (Å²) in [4.78, 5) is 2.15. The Morgan fingerprint density at radius 1 is 1.19 bits per heavy atom. The van der Waals surface area contributed by atoms with E-state index in [1.54, 1.807) is 7.11 Å². The number of alkyl halides is 4. The number of benzene rings is 2. The molecule has 2 aromatic rings. The standard InChI is InChI=1S/C23H21BrCl3NO4/c1-29-17-4-3-14-9-16-15-11-19-18(31-12-32-19)10-13(15)5-7-28(16)22(23(25,26)27)20(14)21(17)30-8-2-6-24/h3-4,9-11,22H,2,5-8,12H2,1H3. The largest absolute Gasteiger partial charge is 0.493 e. The van der Waals surface area contributed by atoms with Gasteiger partial charge in [-0.1, -0.05) is 56.8 Å². The maximum atomic E-state index is 6.62. The first kappa shape index (κ1) is 22.3. The minimum absolute atomic E-state index is 0.232. The molecule has 1 unspecified atom stereocenters. The van der Waals surface area contributed by atoms with Crippen LogP contribution in [0.1, 0.15) is 34.7 Å². The topological polar surface area (TPSA) is 40.2 Å². The lowest BCUT2D eigenvalue weighted by atomic mass is 9.86. The number of methoxy groups -OCH3 is 1. The van der Waals surface area contributed by atoms with E-state index in [1.807, 2.05) is 18.2 Å². The van der Waals surface area contributed by atoms with E-state index in [0.29, 0.717) is 24.7 Å². The minimum Gasteiger partial charge on any atom is -0.493 e. The molecule has 3 heterocycles. The Bertz CT molecular complexity index is 1090. The van der Waals surface area contributed by atoms with Crippen molar-refractivity contribution in [3.8, 4) is 23.0 Å². The third-order valence-electron chi connectivity index (χ3n) is 5.93. The number of rotatable bonds is 5.